The van der Waals surface area contributed by atoms with Crippen LogP contribution in [0.1, 0.15) is 21.7 Å². The van der Waals surface area contributed by atoms with Crippen LogP contribution in [0.25, 0.3) is 0 Å². The predicted molar refractivity (Wildman–Crippen MR) is 97.3 cm³/mol. The highest BCUT2D eigenvalue weighted by atomic mass is 19.2. The molecule has 3 rings (SSSR count). The number of rotatable bonds is 6. The van der Waals surface area contributed by atoms with E-state index in [1.165, 1.54) is 22.9 Å². The van der Waals surface area contributed by atoms with Crippen LogP contribution in [-0.4, -0.2) is 26.8 Å². The van der Waals surface area contributed by atoms with Crippen molar-refractivity contribution in [1.82, 2.24) is 20.3 Å². The van der Waals surface area contributed by atoms with Crippen LogP contribution < -0.4 is 10.6 Å². The van der Waals surface area contributed by atoms with Gasteiger partial charge >= 0.3 is 0 Å². The fraction of sp³-hybridized carbons (Fsp3) is 0.158. The van der Waals surface area contributed by atoms with E-state index in [1.807, 2.05) is 0 Å². The van der Waals surface area contributed by atoms with Gasteiger partial charge in [-0.1, -0.05) is 17.3 Å². The minimum Gasteiger partial charge on any atom is -0.350 e. The van der Waals surface area contributed by atoms with Crippen LogP contribution in [0.2, 0.25) is 0 Å². The Kier molecular flexibility index (Phi) is 5.91. The summed E-state index contributed by atoms with van der Waals surface area (Å²) in [6.07, 6.45) is 0. The molecule has 7 nitrogen and oxygen atoms in total. The van der Waals surface area contributed by atoms with E-state index >= 15 is 0 Å². The lowest BCUT2D eigenvalue weighted by molar-refractivity contribution is -0.122. The van der Waals surface area contributed by atoms with Crippen molar-refractivity contribution in [2.75, 3.05) is 5.32 Å². The molecule has 0 aliphatic rings. The Morgan fingerprint density at radius 3 is 2.45 bits per heavy atom. The molecule has 2 N–H and O–H groups in total. The van der Waals surface area contributed by atoms with Crippen molar-refractivity contribution >= 4 is 17.5 Å². The van der Waals surface area contributed by atoms with Gasteiger partial charge in [-0.05, 0) is 36.8 Å². The summed E-state index contributed by atoms with van der Waals surface area (Å²) in [7, 11) is 0. The zero-order valence-corrected chi connectivity index (χ0v) is 15.2. The van der Waals surface area contributed by atoms with Crippen molar-refractivity contribution in [3.05, 3.63) is 76.9 Å². The van der Waals surface area contributed by atoms with Crippen LogP contribution in [0, 0.1) is 24.4 Å². The van der Waals surface area contributed by atoms with Crippen LogP contribution in [-0.2, 0) is 17.9 Å². The first kappa shape index (κ1) is 20.1. The Balaban J connectivity index is 1.60. The Morgan fingerprint density at radius 2 is 1.76 bits per heavy atom. The maximum atomic E-state index is 13.3. The number of amides is 2. The van der Waals surface area contributed by atoms with Gasteiger partial charge in [0.2, 0.25) is 5.91 Å². The average Bonchev–Trinajstić information content (AvgIpc) is 3.05. The molecule has 0 bridgehead atoms. The fourth-order valence-corrected chi connectivity index (χ4v) is 2.48. The van der Waals surface area contributed by atoms with Gasteiger partial charge in [-0.3, -0.25) is 9.59 Å². The highest BCUT2D eigenvalue weighted by Gasteiger charge is 2.18. The van der Waals surface area contributed by atoms with Gasteiger partial charge in [-0.15, -0.1) is 5.10 Å². The van der Waals surface area contributed by atoms with Gasteiger partial charge in [-0.25, -0.2) is 17.9 Å². The lowest BCUT2D eigenvalue weighted by Gasteiger charge is -2.07. The molecule has 0 fully saturated rings. The molecule has 10 heteroatoms. The molecule has 0 spiro atoms. The lowest BCUT2D eigenvalue weighted by atomic mass is 10.2. The SMILES string of the molecule is Cc1c(C(=O)Nc2ccc(F)c(F)c2)nnn1CC(=O)NCc1ccc(F)cc1. The molecule has 3 aromatic rings. The standard InChI is InChI=1S/C19H16F3N5O2/c1-11-18(19(29)24-14-6-7-15(21)16(22)8-14)25-26-27(11)10-17(28)23-9-12-2-4-13(20)5-3-12/h2-8H,9-10H2,1H3,(H,23,28)(H,24,29). The van der Waals surface area contributed by atoms with E-state index in [0.717, 1.165) is 17.7 Å². The topological polar surface area (TPSA) is 88.9 Å². The number of hydrogen-bond acceptors (Lipinski definition) is 4. The molecule has 2 amide bonds. The van der Waals surface area contributed by atoms with E-state index in [2.05, 4.69) is 20.9 Å². The lowest BCUT2D eigenvalue weighted by Crippen LogP contribution is -2.28. The summed E-state index contributed by atoms with van der Waals surface area (Å²) < 4.78 is 40.3. The zero-order valence-electron chi connectivity index (χ0n) is 15.2. The van der Waals surface area contributed by atoms with Crippen LogP contribution in [0.4, 0.5) is 18.9 Å². The van der Waals surface area contributed by atoms with Gasteiger partial charge in [0.1, 0.15) is 12.4 Å². The number of aromatic nitrogens is 3. The van der Waals surface area contributed by atoms with Crippen molar-refractivity contribution in [1.29, 1.82) is 0 Å². The van der Waals surface area contributed by atoms with Gasteiger partial charge in [-0.2, -0.15) is 0 Å². The van der Waals surface area contributed by atoms with Crippen LogP contribution in [0.5, 0.6) is 0 Å². The van der Waals surface area contributed by atoms with E-state index in [4.69, 9.17) is 0 Å². The Morgan fingerprint density at radius 1 is 1.03 bits per heavy atom. The number of benzene rings is 2. The molecule has 150 valence electrons. The predicted octanol–water partition coefficient (Wildman–Crippen LogP) is 2.57. The summed E-state index contributed by atoms with van der Waals surface area (Å²) in [5.74, 6) is -3.55. The van der Waals surface area contributed by atoms with Gasteiger partial charge in [0, 0.05) is 18.3 Å². The molecule has 0 unspecified atom stereocenters. The minimum atomic E-state index is -1.10. The summed E-state index contributed by atoms with van der Waals surface area (Å²) in [4.78, 5) is 24.4. The first-order chi connectivity index (χ1) is 13.8. The van der Waals surface area contributed by atoms with E-state index in [0.29, 0.717) is 5.69 Å². The summed E-state index contributed by atoms with van der Waals surface area (Å²) in [5, 5.41) is 12.6. The molecule has 0 atom stereocenters. The van der Waals surface area contributed by atoms with E-state index in [9.17, 15) is 22.8 Å². The summed E-state index contributed by atoms with van der Waals surface area (Å²) >= 11 is 0. The summed E-state index contributed by atoms with van der Waals surface area (Å²) in [6.45, 7) is 1.57. The molecule has 0 radical (unpaired) electrons. The molecular weight excluding hydrogens is 387 g/mol. The van der Waals surface area contributed by atoms with Gasteiger partial charge in [0.15, 0.2) is 17.3 Å². The highest BCUT2D eigenvalue weighted by Crippen LogP contribution is 2.15. The molecular formula is C19H16F3N5O2. The molecule has 0 saturated carbocycles. The first-order valence-corrected chi connectivity index (χ1v) is 8.51. The van der Waals surface area contributed by atoms with Crippen LogP contribution in [0.3, 0.4) is 0 Å². The third-order valence-corrected chi connectivity index (χ3v) is 4.07. The highest BCUT2D eigenvalue weighted by molar-refractivity contribution is 6.03. The Hall–Kier alpha value is -3.69. The Bertz CT molecular complexity index is 1050. The second kappa shape index (κ2) is 8.55. The summed E-state index contributed by atoms with van der Waals surface area (Å²) in [5.41, 5.74) is 1.05. The molecule has 2 aromatic carbocycles. The maximum absolute atomic E-state index is 13.3. The number of nitrogens with zero attached hydrogens (tertiary/aromatic N) is 3. The van der Waals surface area contributed by atoms with Crippen LogP contribution in [0.15, 0.2) is 42.5 Å². The number of hydrogen-bond donors (Lipinski definition) is 2. The van der Waals surface area contributed by atoms with Crippen molar-refractivity contribution in [2.45, 2.75) is 20.0 Å². The van der Waals surface area contributed by atoms with E-state index in [1.54, 1.807) is 19.1 Å². The third kappa shape index (κ3) is 4.98. The number of halogens is 3. The molecule has 0 saturated heterocycles. The zero-order chi connectivity index (χ0) is 21.0. The number of nitrogens with one attached hydrogen (secondary N) is 2. The number of carbonyl (C=O) groups excluding carboxylic acids is 2. The van der Waals surface area contributed by atoms with Crippen molar-refractivity contribution in [3.63, 3.8) is 0 Å². The third-order valence-electron chi connectivity index (χ3n) is 4.07. The molecule has 0 aliphatic heterocycles. The Labute approximate surface area is 163 Å². The van der Waals surface area contributed by atoms with E-state index < -0.39 is 17.5 Å². The smallest absolute Gasteiger partial charge is 0.278 e. The van der Waals surface area contributed by atoms with E-state index in [-0.39, 0.29) is 36.2 Å². The number of carbonyl (C=O) groups is 2. The molecule has 1 heterocycles. The summed E-state index contributed by atoms with van der Waals surface area (Å²) in [6, 6.07) is 8.63. The number of anilines is 1. The molecule has 0 aliphatic carbocycles. The minimum absolute atomic E-state index is 0.0546. The van der Waals surface area contributed by atoms with Gasteiger partial charge in [0.25, 0.3) is 5.91 Å². The van der Waals surface area contributed by atoms with Gasteiger partial charge < -0.3 is 10.6 Å². The second-order valence-electron chi connectivity index (χ2n) is 6.17. The first-order valence-electron chi connectivity index (χ1n) is 8.51. The maximum Gasteiger partial charge on any atom is 0.278 e. The van der Waals surface area contributed by atoms with Crippen molar-refractivity contribution in [2.24, 2.45) is 0 Å². The normalized spacial score (nSPS) is 10.6. The quantitative estimate of drug-likeness (QED) is 0.662. The molecule has 29 heavy (non-hydrogen) atoms. The second-order valence-corrected chi connectivity index (χ2v) is 6.17. The van der Waals surface area contributed by atoms with Crippen molar-refractivity contribution in [3.8, 4) is 0 Å². The van der Waals surface area contributed by atoms with Crippen LogP contribution >= 0.6 is 0 Å². The molecule has 1 aromatic heterocycles. The van der Waals surface area contributed by atoms with Gasteiger partial charge in [0.05, 0.1) is 5.69 Å². The largest absolute Gasteiger partial charge is 0.350 e. The monoisotopic (exact) mass is 403 g/mol. The average molecular weight is 403 g/mol. The fourth-order valence-electron chi connectivity index (χ4n) is 2.48. The van der Waals surface area contributed by atoms with Crippen molar-refractivity contribution < 1.29 is 22.8 Å².